The summed E-state index contributed by atoms with van der Waals surface area (Å²) >= 11 is 0. The molecule has 0 amide bonds. The van der Waals surface area contributed by atoms with Gasteiger partial charge in [0, 0.05) is 25.5 Å². The van der Waals surface area contributed by atoms with Crippen LogP contribution in [0, 0.1) is 11.6 Å². The number of aromatic nitrogens is 2. The van der Waals surface area contributed by atoms with Gasteiger partial charge in [0.1, 0.15) is 42.5 Å². The third-order valence-electron chi connectivity index (χ3n) is 5.71. The Morgan fingerprint density at radius 2 is 1.74 bits per heavy atom. The molecule has 0 saturated carbocycles. The van der Waals surface area contributed by atoms with Crippen LogP contribution in [0.2, 0.25) is 0 Å². The van der Waals surface area contributed by atoms with Crippen molar-refractivity contribution < 1.29 is 27.7 Å². The van der Waals surface area contributed by atoms with Crippen LogP contribution in [0.4, 0.5) is 8.78 Å². The lowest BCUT2D eigenvalue weighted by molar-refractivity contribution is -0.155. The standard InChI is InChI=1S/C27H24F2N2O4/c1-31-14-13-30-26(31)27(24-12-7-20(28)15-25(24)29)34-18-23(35-27)17-33-22-10-8-21(9-11-22)32-16-19-5-3-2-4-6-19/h2-15,23H,16-18H2,1H3. The molecule has 4 aromatic rings. The minimum Gasteiger partial charge on any atom is -0.491 e. The van der Waals surface area contributed by atoms with Crippen molar-refractivity contribution in [3.05, 3.63) is 114 Å². The van der Waals surface area contributed by atoms with E-state index in [1.807, 2.05) is 54.6 Å². The molecule has 8 heteroatoms. The monoisotopic (exact) mass is 478 g/mol. The van der Waals surface area contributed by atoms with E-state index >= 15 is 0 Å². The Labute approximate surface area is 201 Å². The van der Waals surface area contributed by atoms with E-state index in [4.69, 9.17) is 18.9 Å². The topological polar surface area (TPSA) is 54.7 Å². The Kier molecular flexibility index (Phi) is 6.48. The van der Waals surface area contributed by atoms with Crippen molar-refractivity contribution in [2.75, 3.05) is 13.2 Å². The highest BCUT2D eigenvalue weighted by molar-refractivity contribution is 5.32. The Morgan fingerprint density at radius 1 is 1.00 bits per heavy atom. The van der Waals surface area contributed by atoms with E-state index in [0.29, 0.717) is 18.2 Å². The first kappa shape index (κ1) is 23.0. The van der Waals surface area contributed by atoms with Crippen molar-refractivity contribution in [3.8, 4) is 11.5 Å². The van der Waals surface area contributed by atoms with Crippen LogP contribution in [0.3, 0.4) is 0 Å². The zero-order valence-electron chi connectivity index (χ0n) is 19.1. The molecule has 1 saturated heterocycles. The van der Waals surface area contributed by atoms with Gasteiger partial charge in [0.15, 0.2) is 5.82 Å². The van der Waals surface area contributed by atoms with Gasteiger partial charge in [0.05, 0.1) is 12.2 Å². The summed E-state index contributed by atoms with van der Waals surface area (Å²) in [6.45, 7) is 0.782. The Morgan fingerprint density at radius 3 is 2.43 bits per heavy atom. The number of benzene rings is 3. The van der Waals surface area contributed by atoms with E-state index < -0.39 is 23.5 Å². The average molecular weight is 478 g/mol. The molecule has 2 heterocycles. The van der Waals surface area contributed by atoms with Crippen LogP contribution in [-0.2, 0) is 28.9 Å². The van der Waals surface area contributed by atoms with Gasteiger partial charge >= 0.3 is 0 Å². The second-order valence-corrected chi connectivity index (χ2v) is 8.21. The summed E-state index contributed by atoms with van der Waals surface area (Å²) in [4.78, 5) is 4.31. The van der Waals surface area contributed by atoms with Gasteiger partial charge in [-0.05, 0) is 42.0 Å². The third-order valence-corrected chi connectivity index (χ3v) is 5.71. The minimum absolute atomic E-state index is 0.0515. The maximum absolute atomic E-state index is 14.8. The summed E-state index contributed by atoms with van der Waals surface area (Å²) in [6.07, 6.45) is 2.76. The van der Waals surface area contributed by atoms with E-state index in [0.717, 1.165) is 17.4 Å². The molecule has 35 heavy (non-hydrogen) atoms. The highest BCUT2D eigenvalue weighted by Crippen LogP contribution is 2.41. The molecule has 0 aliphatic carbocycles. The summed E-state index contributed by atoms with van der Waals surface area (Å²) in [5.74, 6) is -1.37. The second-order valence-electron chi connectivity index (χ2n) is 8.21. The number of hydrogen-bond donors (Lipinski definition) is 0. The van der Waals surface area contributed by atoms with Crippen LogP contribution < -0.4 is 9.47 Å². The van der Waals surface area contributed by atoms with E-state index in [9.17, 15) is 8.78 Å². The highest BCUT2D eigenvalue weighted by Gasteiger charge is 2.49. The lowest BCUT2D eigenvalue weighted by Crippen LogP contribution is -2.34. The molecule has 180 valence electrons. The predicted molar refractivity (Wildman–Crippen MR) is 124 cm³/mol. The Hall–Kier alpha value is -3.75. The third kappa shape index (κ3) is 4.89. The first-order chi connectivity index (χ1) is 17.0. The molecular weight excluding hydrogens is 454 g/mol. The molecule has 6 nitrogen and oxygen atoms in total. The molecule has 3 aromatic carbocycles. The maximum atomic E-state index is 14.8. The Balaban J connectivity index is 1.25. The quantitative estimate of drug-likeness (QED) is 0.358. The molecule has 0 N–H and O–H groups in total. The molecule has 0 radical (unpaired) electrons. The zero-order chi connectivity index (χ0) is 24.3. The van der Waals surface area contributed by atoms with Crippen LogP contribution in [0.1, 0.15) is 17.0 Å². The van der Waals surface area contributed by atoms with Crippen LogP contribution in [0.15, 0.2) is 85.2 Å². The van der Waals surface area contributed by atoms with Crippen molar-refractivity contribution in [2.45, 2.75) is 18.5 Å². The van der Waals surface area contributed by atoms with Crippen molar-refractivity contribution in [2.24, 2.45) is 7.05 Å². The normalized spacial score (nSPS) is 19.6. The highest BCUT2D eigenvalue weighted by atomic mass is 19.1. The van der Waals surface area contributed by atoms with Gasteiger partial charge < -0.3 is 23.5 Å². The maximum Gasteiger partial charge on any atom is 0.259 e. The number of halogens is 2. The zero-order valence-corrected chi connectivity index (χ0v) is 19.1. The van der Waals surface area contributed by atoms with Crippen LogP contribution in [0.25, 0.3) is 0 Å². The lowest BCUT2D eigenvalue weighted by Gasteiger charge is -2.28. The largest absolute Gasteiger partial charge is 0.491 e. The summed E-state index contributed by atoms with van der Waals surface area (Å²) in [5, 5.41) is 0. The number of aryl methyl sites for hydroxylation is 1. The van der Waals surface area contributed by atoms with E-state index in [1.165, 1.54) is 12.1 Å². The predicted octanol–water partition coefficient (Wildman–Crippen LogP) is 4.97. The molecule has 1 aromatic heterocycles. The number of rotatable bonds is 8. The molecule has 1 aliphatic rings. The molecule has 2 unspecified atom stereocenters. The van der Waals surface area contributed by atoms with Gasteiger partial charge in [0.2, 0.25) is 0 Å². The van der Waals surface area contributed by atoms with Crippen molar-refractivity contribution in [3.63, 3.8) is 0 Å². The SMILES string of the molecule is Cn1ccnc1C1(c2ccc(F)cc2F)OCC(COc2ccc(OCc3ccccc3)cc2)O1. The summed E-state index contributed by atoms with van der Waals surface area (Å²) in [6, 6.07) is 20.5. The minimum atomic E-state index is -1.61. The van der Waals surface area contributed by atoms with Gasteiger partial charge in [0.25, 0.3) is 5.79 Å². The fraction of sp³-hybridized carbons (Fsp3) is 0.222. The van der Waals surface area contributed by atoms with Crippen molar-refractivity contribution in [1.29, 1.82) is 0 Å². The van der Waals surface area contributed by atoms with E-state index in [1.54, 1.807) is 24.0 Å². The molecule has 1 aliphatic heterocycles. The first-order valence-electron chi connectivity index (χ1n) is 11.2. The summed E-state index contributed by atoms with van der Waals surface area (Å²) in [5.41, 5.74) is 1.13. The van der Waals surface area contributed by atoms with Crippen LogP contribution in [-0.4, -0.2) is 28.9 Å². The van der Waals surface area contributed by atoms with Gasteiger partial charge in [-0.1, -0.05) is 30.3 Å². The number of hydrogen-bond acceptors (Lipinski definition) is 5. The molecule has 1 fully saturated rings. The lowest BCUT2D eigenvalue weighted by atomic mass is 10.0. The van der Waals surface area contributed by atoms with Gasteiger partial charge in [-0.15, -0.1) is 0 Å². The molecule has 0 spiro atoms. The Bertz CT molecular complexity index is 1280. The van der Waals surface area contributed by atoms with Gasteiger partial charge in [-0.2, -0.15) is 0 Å². The number of imidazole rings is 1. The van der Waals surface area contributed by atoms with Crippen LogP contribution >= 0.6 is 0 Å². The van der Waals surface area contributed by atoms with E-state index in [2.05, 4.69) is 4.98 Å². The van der Waals surface area contributed by atoms with Crippen LogP contribution in [0.5, 0.6) is 11.5 Å². The summed E-state index contributed by atoms with van der Waals surface area (Å²) < 4.78 is 53.9. The van der Waals surface area contributed by atoms with Crippen molar-refractivity contribution >= 4 is 0 Å². The molecular formula is C27H24F2N2O4. The molecule has 5 rings (SSSR count). The fourth-order valence-corrected chi connectivity index (χ4v) is 3.98. The summed E-state index contributed by atoms with van der Waals surface area (Å²) in [7, 11) is 1.75. The first-order valence-corrected chi connectivity index (χ1v) is 11.2. The molecule has 2 atom stereocenters. The number of ether oxygens (including phenoxy) is 4. The smallest absolute Gasteiger partial charge is 0.259 e. The second kappa shape index (κ2) is 9.85. The fourth-order valence-electron chi connectivity index (χ4n) is 3.98. The van der Waals surface area contributed by atoms with E-state index in [-0.39, 0.29) is 18.8 Å². The van der Waals surface area contributed by atoms with Crippen molar-refractivity contribution in [1.82, 2.24) is 9.55 Å². The van der Waals surface area contributed by atoms with Gasteiger partial charge in [-0.25, -0.2) is 13.8 Å². The average Bonchev–Trinajstić information content (AvgIpc) is 3.50. The number of nitrogens with zero attached hydrogens (tertiary/aromatic N) is 2. The molecule has 0 bridgehead atoms. The van der Waals surface area contributed by atoms with Gasteiger partial charge in [-0.3, -0.25) is 0 Å².